The van der Waals surface area contributed by atoms with E-state index in [2.05, 4.69) is 58.2 Å². The van der Waals surface area contributed by atoms with Crippen LogP contribution in [0.15, 0.2) is 18.2 Å². The number of aromatic nitrogens is 1. The molecular formula is C25H38N2O2. The normalized spacial score (nSPS) is 16.0. The van der Waals surface area contributed by atoms with Crippen LogP contribution in [0, 0.1) is 10.8 Å². The molecule has 0 spiro atoms. The van der Waals surface area contributed by atoms with E-state index < -0.39 is 0 Å². The molecule has 3 rings (SSSR count). The first-order valence-corrected chi connectivity index (χ1v) is 11.0. The molecule has 0 atom stereocenters. The van der Waals surface area contributed by atoms with Gasteiger partial charge >= 0.3 is 0 Å². The number of aryl methyl sites for hydroxylation is 1. The summed E-state index contributed by atoms with van der Waals surface area (Å²) in [6, 6.07) is 6.30. The average Bonchev–Trinajstić information content (AvgIpc) is 2.92. The van der Waals surface area contributed by atoms with Gasteiger partial charge in [-0.1, -0.05) is 34.6 Å². The SMILES string of the molecule is CCN(CCC(C)(C)C)C(=O)Cn1c2c(c3ccc(OC)cc31)CCC(C)(C)C2. The van der Waals surface area contributed by atoms with Crippen LogP contribution in [0.3, 0.4) is 0 Å². The molecule has 0 fully saturated rings. The van der Waals surface area contributed by atoms with Crippen LogP contribution in [0.25, 0.3) is 10.9 Å². The molecule has 0 saturated heterocycles. The molecule has 0 radical (unpaired) electrons. The van der Waals surface area contributed by atoms with Gasteiger partial charge in [0.15, 0.2) is 0 Å². The van der Waals surface area contributed by atoms with Crippen molar-refractivity contribution >= 4 is 16.8 Å². The second kappa shape index (κ2) is 8.04. The lowest BCUT2D eigenvalue weighted by molar-refractivity contribution is -0.131. The highest BCUT2D eigenvalue weighted by molar-refractivity contribution is 5.89. The molecule has 0 unspecified atom stereocenters. The highest BCUT2D eigenvalue weighted by atomic mass is 16.5. The largest absolute Gasteiger partial charge is 0.497 e. The highest BCUT2D eigenvalue weighted by Gasteiger charge is 2.31. The first-order valence-electron chi connectivity index (χ1n) is 11.0. The Morgan fingerprint density at radius 1 is 1.28 bits per heavy atom. The van der Waals surface area contributed by atoms with E-state index in [4.69, 9.17) is 4.74 Å². The maximum Gasteiger partial charge on any atom is 0.242 e. The number of ether oxygens (including phenoxy) is 1. The van der Waals surface area contributed by atoms with Crippen molar-refractivity contribution in [3.05, 3.63) is 29.5 Å². The first kappa shape index (κ1) is 21.7. The van der Waals surface area contributed by atoms with Gasteiger partial charge in [0.2, 0.25) is 5.91 Å². The number of carbonyl (C=O) groups is 1. The van der Waals surface area contributed by atoms with Gasteiger partial charge in [-0.25, -0.2) is 0 Å². The van der Waals surface area contributed by atoms with Crippen LogP contribution in [0.1, 0.15) is 65.6 Å². The Kier molecular flexibility index (Phi) is 6.03. The van der Waals surface area contributed by atoms with Gasteiger partial charge in [-0.2, -0.15) is 0 Å². The molecule has 160 valence electrons. The van der Waals surface area contributed by atoms with E-state index in [-0.39, 0.29) is 16.7 Å². The van der Waals surface area contributed by atoms with Crippen LogP contribution in [0.5, 0.6) is 5.75 Å². The highest BCUT2D eigenvalue weighted by Crippen LogP contribution is 2.40. The number of fused-ring (bicyclic) bond motifs is 3. The van der Waals surface area contributed by atoms with Crippen LogP contribution in [-0.2, 0) is 24.2 Å². The minimum atomic E-state index is 0.211. The molecule has 2 aromatic rings. The Labute approximate surface area is 176 Å². The summed E-state index contributed by atoms with van der Waals surface area (Å²) in [5.74, 6) is 1.06. The van der Waals surface area contributed by atoms with Crippen LogP contribution < -0.4 is 4.74 Å². The lowest BCUT2D eigenvalue weighted by atomic mass is 9.76. The zero-order valence-electron chi connectivity index (χ0n) is 19.4. The number of hydrogen-bond donors (Lipinski definition) is 0. The van der Waals surface area contributed by atoms with E-state index in [9.17, 15) is 4.79 Å². The van der Waals surface area contributed by atoms with Crippen molar-refractivity contribution in [2.24, 2.45) is 10.8 Å². The number of amides is 1. The minimum Gasteiger partial charge on any atom is -0.497 e. The van der Waals surface area contributed by atoms with Crippen molar-refractivity contribution in [2.45, 2.75) is 73.8 Å². The van der Waals surface area contributed by atoms with Crippen molar-refractivity contribution in [2.75, 3.05) is 20.2 Å². The molecule has 29 heavy (non-hydrogen) atoms. The molecule has 1 aliphatic rings. The van der Waals surface area contributed by atoms with E-state index in [1.165, 1.54) is 23.1 Å². The van der Waals surface area contributed by atoms with Crippen LogP contribution >= 0.6 is 0 Å². The van der Waals surface area contributed by atoms with E-state index in [0.717, 1.165) is 43.6 Å². The fraction of sp³-hybridized carbons (Fsp3) is 0.640. The van der Waals surface area contributed by atoms with Crippen molar-refractivity contribution in [3.8, 4) is 5.75 Å². The molecule has 0 N–H and O–H groups in total. The number of methoxy groups -OCH3 is 1. The Balaban J connectivity index is 1.98. The Hall–Kier alpha value is -1.97. The van der Waals surface area contributed by atoms with Gasteiger partial charge in [0.05, 0.1) is 12.6 Å². The molecule has 0 saturated carbocycles. The lowest BCUT2D eigenvalue weighted by Crippen LogP contribution is -2.36. The molecule has 4 heteroatoms. The van der Waals surface area contributed by atoms with E-state index >= 15 is 0 Å². The van der Waals surface area contributed by atoms with Gasteiger partial charge < -0.3 is 14.2 Å². The minimum absolute atomic E-state index is 0.211. The molecule has 1 amide bonds. The summed E-state index contributed by atoms with van der Waals surface area (Å²) in [7, 11) is 1.70. The third kappa shape index (κ3) is 4.79. The van der Waals surface area contributed by atoms with Gasteiger partial charge in [0.25, 0.3) is 0 Å². The quantitative estimate of drug-likeness (QED) is 0.648. The smallest absolute Gasteiger partial charge is 0.242 e. The number of carbonyl (C=O) groups excluding carboxylic acids is 1. The Morgan fingerprint density at radius 3 is 2.62 bits per heavy atom. The number of rotatable bonds is 6. The topological polar surface area (TPSA) is 34.5 Å². The maximum atomic E-state index is 13.3. The van der Waals surface area contributed by atoms with Crippen molar-refractivity contribution in [1.82, 2.24) is 9.47 Å². The third-order valence-corrected chi connectivity index (χ3v) is 6.35. The van der Waals surface area contributed by atoms with Crippen LogP contribution in [0.4, 0.5) is 0 Å². The summed E-state index contributed by atoms with van der Waals surface area (Å²) < 4.78 is 7.77. The summed E-state index contributed by atoms with van der Waals surface area (Å²) in [6.45, 7) is 15.4. The summed E-state index contributed by atoms with van der Waals surface area (Å²) in [5.41, 5.74) is 4.39. The summed E-state index contributed by atoms with van der Waals surface area (Å²) in [5, 5.41) is 1.28. The molecular weight excluding hydrogens is 360 g/mol. The predicted molar refractivity (Wildman–Crippen MR) is 121 cm³/mol. The standard InChI is InChI=1S/C25H38N2O2/c1-8-26(14-13-24(2,3)4)23(28)17-27-21-15-18(29-7)9-10-19(21)20-11-12-25(5,6)16-22(20)27/h9-10,15H,8,11-14,16-17H2,1-7H3. The summed E-state index contributed by atoms with van der Waals surface area (Å²) >= 11 is 0. The molecule has 4 nitrogen and oxygen atoms in total. The van der Waals surface area contributed by atoms with Crippen LogP contribution in [0.2, 0.25) is 0 Å². The predicted octanol–water partition coefficient (Wildman–Crippen LogP) is 5.45. The molecule has 0 aliphatic heterocycles. The van der Waals surface area contributed by atoms with Crippen molar-refractivity contribution < 1.29 is 9.53 Å². The number of hydrogen-bond acceptors (Lipinski definition) is 2. The second-order valence-electron chi connectivity index (χ2n) is 10.5. The molecule has 1 aliphatic carbocycles. The van der Waals surface area contributed by atoms with Gasteiger partial charge in [-0.15, -0.1) is 0 Å². The van der Waals surface area contributed by atoms with Gasteiger partial charge in [-0.05, 0) is 61.1 Å². The summed E-state index contributed by atoms with van der Waals surface area (Å²) in [4.78, 5) is 15.3. The van der Waals surface area contributed by atoms with E-state index in [0.29, 0.717) is 6.54 Å². The number of likely N-dealkylation sites (N-methyl/N-ethyl adjacent to an activating group) is 1. The fourth-order valence-electron chi connectivity index (χ4n) is 4.41. The number of benzene rings is 1. The van der Waals surface area contributed by atoms with E-state index in [1.807, 2.05) is 11.0 Å². The fourth-order valence-corrected chi connectivity index (χ4v) is 4.41. The first-order chi connectivity index (χ1) is 13.5. The average molecular weight is 399 g/mol. The van der Waals surface area contributed by atoms with Gasteiger partial charge in [0, 0.05) is 30.2 Å². The maximum absolute atomic E-state index is 13.3. The van der Waals surface area contributed by atoms with Crippen molar-refractivity contribution in [3.63, 3.8) is 0 Å². The molecule has 1 aromatic carbocycles. The zero-order chi connectivity index (χ0) is 21.4. The van der Waals surface area contributed by atoms with Gasteiger partial charge in [-0.3, -0.25) is 4.79 Å². The number of nitrogens with zero attached hydrogens (tertiary/aromatic N) is 2. The van der Waals surface area contributed by atoms with Crippen molar-refractivity contribution in [1.29, 1.82) is 0 Å². The van der Waals surface area contributed by atoms with Crippen LogP contribution in [-0.4, -0.2) is 35.6 Å². The third-order valence-electron chi connectivity index (χ3n) is 6.35. The van der Waals surface area contributed by atoms with E-state index in [1.54, 1.807) is 7.11 Å². The Morgan fingerprint density at radius 2 is 2.00 bits per heavy atom. The molecule has 1 heterocycles. The van der Waals surface area contributed by atoms with Gasteiger partial charge in [0.1, 0.15) is 12.3 Å². The molecule has 0 bridgehead atoms. The monoisotopic (exact) mass is 398 g/mol. The molecule has 1 aromatic heterocycles. The zero-order valence-corrected chi connectivity index (χ0v) is 19.4. The summed E-state index contributed by atoms with van der Waals surface area (Å²) in [6.07, 6.45) is 4.29. The Bertz CT molecular complexity index is 886. The second-order valence-corrected chi connectivity index (χ2v) is 10.5. The lowest BCUT2D eigenvalue weighted by Gasteiger charge is -2.31.